The molecule has 0 unspecified atom stereocenters. The average molecular weight is 285 g/mol. The number of anilines is 1. The highest BCUT2D eigenvalue weighted by atomic mass is 16.5. The molecule has 1 aliphatic rings. The molecule has 1 aliphatic heterocycles. The minimum atomic E-state index is 0.947. The largest absolute Gasteiger partial charge is 0.369 e. The quantitative estimate of drug-likeness (QED) is 0.868. The van der Waals surface area contributed by atoms with Crippen LogP contribution in [-0.4, -0.2) is 36.2 Å². The van der Waals surface area contributed by atoms with Crippen LogP contribution in [0.2, 0.25) is 0 Å². The summed E-state index contributed by atoms with van der Waals surface area (Å²) < 4.78 is 5.25. The van der Waals surface area contributed by atoms with E-state index >= 15 is 0 Å². The molecule has 112 valence electrons. The van der Waals surface area contributed by atoms with Crippen molar-refractivity contribution in [2.45, 2.75) is 27.3 Å². The van der Waals surface area contributed by atoms with Gasteiger partial charge in [-0.3, -0.25) is 4.90 Å². The monoisotopic (exact) mass is 285 g/mol. The van der Waals surface area contributed by atoms with Gasteiger partial charge in [0.25, 0.3) is 0 Å². The van der Waals surface area contributed by atoms with Gasteiger partial charge in [0, 0.05) is 44.0 Å². The molecule has 4 nitrogen and oxygen atoms in total. The lowest BCUT2D eigenvalue weighted by atomic mass is 10.1. The number of aryl methyl sites for hydroxylation is 3. The standard InChI is InChI=1S/C17H23N3O/c1-13-4-6-16(7-5-13)20-10-8-19(9-11-20)12-17-14(2)18-21-15(17)3/h4-7H,8-12H2,1-3H3. The summed E-state index contributed by atoms with van der Waals surface area (Å²) in [6, 6.07) is 8.82. The van der Waals surface area contributed by atoms with Crippen LogP contribution in [0.4, 0.5) is 5.69 Å². The van der Waals surface area contributed by atoms with E-state index in [2.05, 4.69) is 46.1 Å². The van der Waals surface area contributed by atoms with Gasteiger partial charge in [-0.15, -0.1) is 0 Å². The first-order valence-electron chi connectivity index (χ1n) is 7.59. The highest BCUT2D eigenvalue weighted by Crippen LogP contribution is 2.20. The van der Waals surface area contributed by atoms with E-state index in [0.29, 0.717) is 0 Å². The van der Waals surface area contributed by atoms with Gasteiger partial charge in [0.05, 0.1) is 5.69 Å². The Morgan fingerprint density at radius 1 is 1.00 bits per heavy atom. The zero-order valence-corrected chi connectivity index (χ0v) is 13.1. The van der Waals surface area contributed by atoms with Gasteiger partial charge in [-0.05, 0) is 32.9 Å². The van der Waals surface area contributed by atoms with E-state index < -0.39 is 0 Å². The van der Waals surface area contributed by atoms with E-state index in [-0.39, 0.29) is 0 Å². The molecule has 0 N–H and O–H groups in total. The number of benzene rings is 1. The van der Waals surface area contributed by atoms with Crippen molar-refractivity contribution in [1.29, 1.82) is 0 Å². The predicted molar refractivity (Wildman–Crippen MR) is 84.6 cm³/mol. The molecule has 0 saturated carbocycles. The molecule has 1 aromatic carbocycles. The fraction of sp³-hybridized carbons (Fsp3) is 0.471. The SMILES string of the molecule is Cc1ccc(N2CCN(Cc3c(C)noc3C)CC2)cc1. The third kappa shape index (κ3) is 3.10. The van der Waals surface area contributed by atoms with Crippen molar-refractivity contribution < 1.29 is 4.52 Å². The van der Waals surface area contributed by atoms with E-state index in [9.17, 15) is 0 Å². The van der Waals surface area contributed by atoms with E-state index in [1.165, 1.54) is 16.8 Å². The predicted octanol–water partition coefficient (Wildman–Crippen LogP) is 2.92. The van der Waals surface area contributed by atoms with Crippen LogP contribution in [0.5, 0.6) is 0 Å². The molecule has 0 radical (unpaired) electrons. The number of rotatable bonds is 3. The summed E-state index contributed by atoms with van der Waals surface area (Å²) in [5, 5.41) is 4.04. The molecule has 0 bridgehead atoms. The molecule has 21 heavy (non-hydrogen) atoms. The molecule has 1 aromatic heterocycles. The summed E-state index contributed by atoms with van der Waals surface area (Å²) in [5.74, 6) is 0.952. The van der Waals surface area contributed by atoms with E-state index in [0.717, 1.165) is 44.2 Å². The summed E-state index contributed by atoms with van der Waals surface area (Å²) >= 11 is 0. The second kappa shape index (κ2) is 5.90. The van der Waals surface area contributed by atoms with Gasteiger partial charge in [-0.25, -0.2) is 0 Å². The van der Waals surface area contributed by atoms with Crippen LogP contribution in [0.3, 0.4) is 0 Å². The van der Waals surface area contributed by atoms with Gasteiger partial charge in [0.2, 0.25) is 0 Å². The molecule has 0 amide bonds. The Morgan fingerprint density at radius 2 is 1.67 bits per heavy atom. The van der Waals surface area contributed by atoms with Crippen molar-refractivity contribution in [2.24, 2.45) is 0 Å². The van der Waals surface area contributed by atoms with Crippen LogP contribution in [0.1, 0.15) is 22.6 Å². The zero-order chi connectivity index (χ0) is 14.8. The summed E-state index contributed by atoms with van der Waals surface area (Å²) in [7, 11) is 0. The maximum absolute atomic E-state index is 5.25. The third-order valence-electron chi connectivity index (χ3n) is 4.33. The Kier molecular flexibility index (Phi) is 3.97. The molecular weight excluding hydrogens is 262 g/mol. The van der Waals surface area contributed by atoms with Crippen LogP contribution in [0, 0.1) is 20.8 Å². The first kappa shape index (κ1) is 14.1. The first-order valence-corrected chi connectivity index (χ1v) is 7.59. The Bertz CT molecular complexity index is 575. The van der Waals surface area contributed by atoms with Crippen molar-refractivity contribution in [1.82, 2.24) is 10.1 Å². The molecule has 1 saturated heterocycles. The zero-order valence-electron chi connectivity index (χ0n) is 13.1. The Morgan fingerprint density at radius 3 is 2.24 bits per heavy atom. The number of aromatic nitrogens is 1. The van der Waals surface area contributed by atoms with Crippen LogP contribution in [-0.2, 0) is 6.54 Å². The van der Waals surface area contributed by atoms with Crippen LogP contribution < -0.4 is 4.90 Å². The van der Waals surface area contributed by atoms with Crippen LogP contribution in [0.15, 0.2) is 28.8 Å². The lowest BCUT2D eigenvalue weighted by molar-refractivity contribution is 0.248. The molecule has 0 spiro atoms. The molecule has 2 heterocycles. The fourth-order valence-corrected chi connectivity index (χ4v) is 2.87. The molecular formula is C17H23N3O. The fourth-order valence-electron chi connectivity index (χ4n) is 2.87. The number of nitrogens with zero attached hydrogens (tertiary/aromatic N) is 3. The highest BCUT2D eigenvalue weighted by Gasteiger charge is 2.19. The minimum Gasteiger partial charge on any atom is -0.369 e. The molecule has 4 heteroatoms. The lowest BCUT2D eigenvalue weighted by Crippen LogP contribution is -2.46. The van der Waals surface area contributed by atoms with Crippen LogP contribution >= 0.6 is 0 Å². The van der Waals surface area contributed by atoms with Gasteiger partial charge in [-0.2, -0.15) is 0 Å². The minimum absolute atomic E-state index is 0.947. The van der Waals surface area contributed by atoms with Gasteiger partial charge in [0.15, 0.2) is 0 Å². The number of piperazine rings is 1. The summed E-state index contributed by atoms with van der Waals surface area (Å²) in [5.41, 5.74) is 4.92. The Hall–Kier alpha value is -1.81. The van der Waals surface area contributed by atoms with Gasteiger partial charge >= 0.3 is 0 Å². The summed E-state index contributed by atoms with van der Waals surface area (Å²) in [6.45, 7) is 11.4. The maximum atomic E-state index is 5.25. The van der Waals surface area contributed by atoms with Gasteiger partial charge in [-0.1, -0.05) is 22.9 Å². The van der Waals surface area contributed by atoms with Gasteiger partial charge in [0.1, 0.15) is 5.76 Å². The third-order valence-corrected chi connectivity index (χ3v) is 4.33. The smallest absolute Gasteiger partial charge is 0.138 e. The number of hydrogen-bond acceptors (Lipinski definition) is 4. The van der Waals surface area contributed by atoms with E-state index in [4.69, 9.17) is 4.52 Å². The summed E-state index contributed by atoms with van der Waals surface area (Å²) in [6.07, 6.45) is 0. The Balaban J connectivity index is 1.59. The van der Waals surface area contributed by atoms with E-state index in [1.807, 2.05) is 13.8 Å². The maximum Gasteiger partial charge on any atom is 0.138 e. The molecule has 2 aromatic rings. The van der Waals surface area contributed by atoms with Gasteiger partial charge < -0.3 is 9.42 Å². The van der Waals surface area contributed by atoms with Crippen molar-refractivity contribution in [2.75, 3.05) is 31.1 Å². The molecule has 3 rings (SSSR count). The van der Waals surface area contributed by atoms with E-state index in [1.54, 1.807) is 0 Å². The normalized spacial score (nSPS) is 16.4. The van der Waals surface area contributed by atoms with Crippen molar-refractivity contribution >= 4 is 5.69 Å². The highest BCUT2D eigenvalue weighted by molar-refractivity contribution is 5.47. The van der Waals surface area contributed by atoms with Crippen molar-refractivity contribution in [3.63, 3.8) is 0 Å². The lowest BCUT2D eigenvalue weighted by Gasteiger charge is -2.36. The second-order valence-electron chi connectivity index (χ2n) is 5.90. The van der Waals surface area contributed by atoms with Crippen LogP contribution in [0.25, 0.3) is 0 Å². The Labute approximate surface area is 126 Å². The molecule has 0 aliphatic carbocycles. The average Bonchev–Trinajstić information content (AvgIpc) is 2.81. The molecule has 0 atom stereocenters. The van der Waals surface area contributed by atoms with Crippen molar-refractivity contribution in [3.05, 3.63) is 46.8 Å². The van der Waals surface area contributed by atoms with Crippen molar-refractivity contribution in [3.8, 4) is 0 Å². The summed E-state index contributed by atoms with van der Waals surface area (Å²) in [4.78, 5) is 4.94. The molecule has 1 fully saturated rings. The topological polar surface area (TPSA) is 32.5 Å². The second-order valence-corrected chi connectivity index (χ2v) is 5.90. The number of hydrogen-bond donors (Lipinski definition) is 0. The first-order chi connectivity index (χ1) is 10.1.